The van der Waals surface area contributed by atoms with E-state index in [1.807, 2.05) is 61.5 Å². The molecule has 194 valence electrons. The van der Waals surface area contributed by atoms with Crippen LogP contribution in [0.1, 0.15) is 11.1 Å². The highest BCUT2D eigenvalue weighted by molar-refractivity contribution is 7.90. The van der Waals surface area contributed by atoms with Gasteiger partial charge in [0.15, 0.2) is 0 Å². The molecule has 4 aromatic carbocycles. The number of aromatic nitrogens is 1. The number of piperazine rings is 1. The number of hydrogen-bond acceptors (Lipinski definition) is 5. The number of likely N-dealkylation sites (N-methyl/N-ethyl adjacent to an activating group) is 1. The van der Waals surface area contributed by atoms with Crippen molar-refractivity contribution in [1.29, 1.82) is 0 Å². The summed E-state index contributed by atoms with van der Waals surface area (Å²) in [7, 11) is -1.77. The van der Waals surface area contributed by atoms with Gasteiger partial charge in [-0.15, -0.1) is 0 Å². The lowest BCUT2D eigenvalue weighted by molar-refractivity contribution is 0.313. The summed E-state index contributed by atoms with van der Waals surface area (Å²) in [6, 6.07) is 29.5. The van der Waals surface area contributed by atoms with Crippen molar-refractivity contribution in [2.24, 2.45) is 0 Å². The zero-order valence-corrected chi connectivity index (χ0v) is 22.6. The molecule has 1 aromatic heterocycles. The average Bonchev–Trinajstić information content (AvgIpc) is 3.25. The van der Waals surface area contributed by atoms with E-state index in [0.717, 1.165) is 59.2 Å². The molecule has 1 aliphatic heterocycles. The Morgan fingerprint density at radius 2 is 1.42 bits per heavy atom. The molecular formula is C31H32N4O2S. The highest BCUT2D eigenvalue weighted by atomic mass is 32.2. The van der Waals surface area contributed by atoms with E-state index in [4.69, 9.17) is 0 Å². The van der Waals surface area contributed by atoms with E-state index >= 15 is 0 Å². The van der Waals surface area contributed by atoms with Gasteiger partial charge < -0.3 is 15.1 Å². The lowest BCUT2D eigenvalue weighted by Gasteiger charge is -2.34. The Hall–Kier alpha value is -3.81. The number of anilines is 2. The molecular weight excluding hydrogens is 492 g/mol. The number of fused-ring (bicyclic) bond motifs is 2. The second kappa shape index (κ2) is 9.82. The Morgan fingerprint density at radius 1 is 0.789 bits per heavy atom. The molecule has 0 unspecified atom stereocenters. The fourth-order valence-corrected chi connectivity index (χ4v) is 6.78. The van der Waals surface area contributed by atoms with Gasteiger partial charge in [0, 0.05) is 38.1 Å². The SMILES string of the molecule is Cc1ccc(S(=O)(=O)n2c(NCc3ccccc3)c(N3CCN(C)CC3)c3cc4ccccc4cc32)cc1. The minimum absolute atomic E-state index is 0.279. The monoisotopic (exact) mass is 524 g/mol. The summed E-state index contributed by atoms with van der Waals surface area (Å²) in [4.78, 5) is 4.93. The highest BCUT2D eigenvalue weighted by Gasteiger charge is 2.31. The van der Waals surface area contributed by atoms with Crippen LogP contribution in [0.15, 0.2) is 95.9 Å². The molecule has 1 saturated heterocycles. The minimum atomic E-state index is -3.90. The van der Waals surface area contributed by atoms with Gasteiger partial charge in [0.25, 0.3) is 10.0 Å². The molecule has 5 aromatic rings. The summed E-state index contributed by atoms with van der Waals surface area (Å²) in [5.74, 6) is 0.615. The molecule has 0 aliphatic carbocycles. The summed E-state index contributed by atoms with van der Waals surface area (Å²) in [6.45, 7) is 5.97. The van der Waals surface area contributed by atoms with Gasteiger partial charge in [0.2, 0.25) is 0 Å². The van der Waals surface area contributed by atoms with E-state index in [9.17, 15) is 8.42 Å². The summed E-state index contributed by atoms with van der Waals surface area (Å²) >= 11 is 0. The van der Waals surface area contributed by atoms with Crippen LogP contribution in [0.5, 0.6) is 0 Å². The van der Waals surface area contributed by atoms with Gasteiger partial charge in [-0.25, -0.2) is 12.4 Å². The Kier molecular flexibility index (Phi) is 6.33. The number of rotatable bonds is 6. The molecule has 2 heterocycles. The summed E-state index contributed by atoms with van der Waals surface area (Å²) in [5.41, 5.74) is 3.75. The maximum absolute atomic E-state index is 14.4. The zero-order valence-electron chi connectivity index (χ0n) is 21.8. The molecule has 6 rings (SSSR count). The minimum Gasteiger partial charge on any atom is -0.365 e. The smallest absolute Gasteiger partial charge is 0.269 e. The number of benzene rings is 4. The number of aryl methyl sites for hydroxylation is 1. The van der Waals surface area contributed by atoms with Crippen LogP contribution in [-0.2, 0) is 16.6 Å². The Balaban J connectivity index is 1.63. The van der Waals surface area contributed by atoms with Crippen molar-refractivity contribution in [1.82, 2.24) is 8.87 Å². The predicted molar refractivity (Wildman–Crippen MR) is 157 cm³/mol. The predicted octanol–water partition coefficient (Wildman–Crippen LogP) is 5.70. The van der Waals surface area contributed by atoms with Crippen molar-refractivity contribution in [2.75, 3.05) is 43.4 Å². The van der Waals surface area contributed by atoms with Crippen molar-refractivity contribution in [3.63, 3.8) is 0 Å². The van der Waals surface area contributed by atoms with Crippen molar-refractivity contribution < 1.29 is 8.42 Å². The molecule has 0 saturated carbocycles. The van der Waals surface area contributed by atoms with E-state index in [1.165, 1.54) is 3.97 Å². The third kappa shape index (κ3) is 4.42. The van der Waals surface area contributed by atoms with Crippen LogP contribution in [0.2, 0.25) is 0 Å². The first-order valence-corrected chi connectivity index (χ1v) is 14.5. The van der Waals surface area contributed by atoms with Crippen LogP contribution in [0, 0.1) is 6.92 Å². The lowest BCUT2D eigenvalue weighted by atomic mass is 10.1. The summed E-state index contributed by atoms with van der Waals surface area (Å²) < 4.78 is 30.3. The molecule has 38 heavy (non-hydrogen) atoms. The Morgan fingerprint density at radius 3 is 2.11 bits per heavy atom. The van der Waals surface area contributed by atoms with Crippen LogP contribution < -0.4 is 10.2 Å². The van der Waals surface area contributed by atoms with Gasteiger partial charge in [-0.1, -0.05) is 72.3 Å². The van der Waals surface area contributed by atoms with Crippen LogP contribution >= 0.6 is 0 Å². The van der Waals surface area contributed by atoms with E-state index < -0.39 is 10.0 Å². The van der Waals surface area contributed by atoms with E-state index in [1.54, 1.807) is 12.1 Å². The first kappa shape index (κ1) is 24.5. The third-order valence-electron chi connectivity index (χ3n) is 7.45. The molecule has 0 spiro atoms. The largest absolute Gasteiger partial charge is 0.365 e. The van der Waals surface area contributed by atoms with Gasteiger partial charge >= 0.3 is 0 Å². The normalized spacial score (nSPS) is 14.8. The Labute approximate surface area is 224 Å². The summed E-state index contributed by atoms with van der Waals surface area (Å²) in [6.07, 6.45) is 0. The van der Waals surface area contributed by atoms with Gasteiger partial charge in [-0.2, -0.15) is 0 Å². The van der Waals surface area contributed by atoms with E-state index in [0.29, 0.717) is 17.9 Å². The van der Waals surface area contributed by atoms with Crippen molar-refractivity contribution in [3.8, 4) is 0 Å². The number of nitrogens with one attached hydrogen (secondary N) is 1. The lowest BCUT2D eigenvalue weighted by Crippen LogP contribution is -2.44. The molecule has 0 radical (unpaired) electrons. The first-order valence-electron chi connectivity index (χ1n) is 13.0. The van der Waals surface area contributed by atoms with Gasteiger partial charge in [-0.3, -0.25) is 0 Å². The molecule has 0 bridgehead atoms. The van der Waals surface area contributed by atoms with Crippen LogP contribution in [0.4, 0.5) is 11.5 Å². The van der Waals surface area contributed by atoms with Gasteiger partial charge in [-0.05, 0) is 54.6 Å². The molecule has 0 atom stereocenters. The average molecular weight is 525 g/mol. The first-order chi connectivity index (χ1) is 18.4. The van der Waals surface area contributed by atoms with Crippen molar-refractivity contribution in [3.05, 3.63) is 102 Å². The maximum Gasteiger partial charge on any atom is 0.269 e. The van der Waals surface area contributed by atoms with E-state index in [-0.39, 0.29) is 4.90 Å². The number of hydrogen-bond donors (Lipinski definition) is 1. The van der Waals surface area contributed by atoms with Gasteiger partial charge in [0.05, 0.1) is 16.1 Å². The second-order valence-electron chi connectivity index (χ2n) is 10.1. The quantitative estimate of drug-likeness (QED) is 0.309. The van der Waals surface area contributed by atoms with Crippen molar-refractivity contribution in [2.45, 2.75) is 18.4 Å². The van der Waals surface area contributed by atoms with Crippen LogP contribution in [0.3, 0.4) is 0 Å². The summed E-state index contributed by atoms with van der Waals surface area (Å²) in [5, 5.41) is 6.61. The number of nitrogens with zero attached hydrogens (tertiary/aromatic N) is 3. The topological polar surface area (TPSA) is 57.6 Å². The molecule has 6 nitrogen and oxygen atoms in total. The van der Waals surface area contributed by atoms with E-state index in [2.05, 4.69) is 46.4 Å². The molecule has 7 heteroatoms. The molecule has 1 aliphatic rings. The fourth-order valence-electron chi connectivity index (χ4n) is 5.28. The fraction of sp³-hybridized carbons (Fsp3) is 0.226. The van der Waals surface area contributed by atoms with Crippen molar-refractivity contribution >= 4 is 43.2 Å². The molecule has 1 N–H and O–H groups in total. The van der Waals surface area contributed by atoms with Crippen LogP contribution in [0.25, 0.3) is 21.7 Å². The molecule has 1 fully saturated rings. The maximum atomic E-state index is 14.4. The zero-order chi connectivity index (χ0) is 26.3. The van der Waals surface area contributed by atoms with Gasteiger partial charge in [0.1, 0.15) is 5.82 Å². The second-order valence-corrected chi connectivity index (χ2v) is 11.9. The Bertz CT molecular complexity index is 1700. The third-order valence-corrected chi connectivity index (χ3v) is 9.17. The van der Waals surface area contributed by atoms with Crippen LogP contribution in [-0.4, -0.2) is 50.5 Å². The standard InChI is InChI=1S/C31H32N4O2S/c1-23-12-14-27(15-13-23)38(36,37)35-29-21-26-11-7-6-10-25(26)20-28(29)30(34-18-16-33(2)17-19-34)31(35)32-22-24-8-4-3-5-9-24/h3-15,20-21,32H,16-19,22H2,1-2H3. The molecule has 0 amide bonds. The highest BCUT2D eigenvalue weighted by Crippen LogP contribution is 2.43.